The molecule has 0 aliphatic heterocycles. The predicted octanol–water partition coefficient (Wildman–Crippen LogP) is 1.84. The van der Waals surface area contributed by atoms with Crippen molar-refractivity contribution < 1.29 is 18.3 Å². The van der Waals surface area contributed by atoms with E-state index in [1.54, 1.807) is 6.92 Å². The summed E-state index contributed by atoms with van der Waals surface area (Å²) in [7, 11) is -3.86. The fraction of sp³-hybridized carbons (Fsp3) is 0.533. The second-order valence-electron chi connectivity index (χ2n) is 5.56. The number of carboxylic acids is 1. The van der Waals surface area contributed by atoms with Crippen LogP contribution in [0.25, 0.3) is 0 Å². The van der Waals surface area contributed by atoms with Crippen LogP contribution in [0, 0.1) is 5.92 Å². The molecular formula is C15H24N2O4S. The van der Waals surface area contributed by atoms with Crippen LogP contribution in [-0.4, -0.2) is 36.4 Å². The van der Waals surface area contributed by atoms with Crippen molar-refractivity contribution in [2.24, 2.45) is 5.92 Å². The minimum atomic E-state index is -3.86. The van der Waals surface area contributed by atoms with Gasteiger partial charge in [-0.1, -0.05) is 51.1 Å². The number of rotatable bonds is 9. The zero-order valence-electron chi connectivity index (χ0n) is 13.2. The Labute approximate surface area is 132 Å². The van der Waals surface area contributed by atoms with Gasteiger partial charge in [-0.05, 0) is 17.9 Å². The Bertz CT molecular complexity index is 572. The average Bonchev–Trinajstić information content (AvgIpc) is 2.44. The van der Waals surface area contributed by atoms with E-state index >= 15 is 0 Å². The van der Waals surface area contributed by atoms with Gasteiger partial charge in [0.15, 0.2) is 0 Å². The number of hydrogen-bond donors (Lipinski definition) is 2. The SMILES string of the molecule is CCN(Cc1ccccc1)S(=O)(=O)N[C@H](CC(C)C)C(=O)O. The van der Waals surface area contributed by atoms with Crippen LogP contribution in [0.15, 0.2) is 30.3 Å². The maximum Gasteiger partial charge on any atom is 0.321 e. The summed E-state index contributed by atoms with van der Waals surface area (Å²) < 4.78 is 28.4. The Morgan fingerprint density at radius 3 is 2.32 bits per heavy atom. The number of hydrogen-bond acceptors (Lipinski definition) is 3. The monoisotopic (exact) mass is 328 g/mol. The summed E-state index contributed by atoms with van der Waals surface area (Å²) in [5, 5.41) is 9.18. The zero-order valence-corrected chi connectivity index (χ0v) is 14.0. The van der Waals surface area contributed by atoms with Crippen LogP contribution in [0.4, 0.5) is 0 Å². The molecule has 7 heteroatoms. The molecule has 0 heterocycles. The molecule has 0 saturated carbocycles. The van der Waals surface area contributed by atoms with Gasteiger partial charge in [0.25, 0.3) is 10.2 Å². The molecule has 0 fully saturated rings. The molecule has 6 nitrogen and oxygen atoms in total. The average molecular weight is 328 g/mol. The standard InChI is InChI=1S/C15H24N2O4S/c1-4-17(11-13-8-6-5-7-9-13)22(20,21)16-14(15(18)19)10-12(2)3/h5-9,12,14,16H,4,10-11H2,1-3H3,(H,18,19)/t14-/m1/s1. The van der Waals surface area contributed by atoms with Crippen LogP contribution in [0.2, 0.25) is 0 Å². The lowest BCUT2D eigenvalue weighted by Crippen LogP contribution is -2.48. The van der Waals surface area contributed by atoms with Gasteiger partial charge in [0, 0.05) is 13.1 Å². The molecule has 22 heavy (non-hydrogen) atoms. The van der Waals surface area contributed by atoms with Crippen LogP contribution >= 0.6 is 0 Å². The molecule has 1 aromatic rings. The lowest BCUT2D eigenvalue weighted by molar-refractivity contribution is -0.139. The second kappa shape index (κ2) is 8.26. The van der Waals surface area contributed by atoms with Crippen LogP contribution in [0.1, 0.15) is 32.8 Å². The third kappa shape index (κ3) is 5.75. The molecule has 0 unspecified atom stereocenters. The molecule has 1 aromatic carbocycles. The van der Waals surface area contributed by atoms with E-state index in [4.69, 9.17) is 0 Å². The summed E-state index contributed by atoms with van der Waals surface area (Å²) in [5.74, 6) is -1.08. The van der Waals surface area contributed by atoms with E-state index in [2.05, 4.69) is 4.72 Å². The topological polar surface area (TPSA) is 86.7 Å². The summed E-state index contributed by atoms with van der Waals surface area (Å²) in [5.41, 5.74) is 0.852. The van der Waals surface area contributed by atoms with Gasteiger partial charge in [0.2, 0.25) is 0 Å². The minimum absolute atomic E-state index is 0.0769. The molecule has 0 radical (unpaired) electrons. The molecule has 0 saturated heterocycles. The highest BCUT2D eigenvalue weighted by molar-refractivity contribution is 7.87. The van der Waals surface area contributed by atoms with Gasteiger partial charge in [-0.15, -0.1) is 0 Å². The highest BCUT2D eigenvalue weighted by atomic mass is 32.2. The van der Waals surface area contributed by atoms with E-state index < -0.39 is 22.2 Å². The third-order valence-electron chi connectivity index (χ3n) is 3.19. The van der Waals surface area contributed by atoms with Crippen LogP contribution < -0.4 is 4.72 Å². The van der Waals surface area contributed by atoms with E-state index in [0.29, 0.717) is 0 Å². The number of nitrogens with zero attached hydrogens (tertiary/aromatic N) is 1. The van der Waals surface area contributed by atoms with Gasteiger partial charge in [0.05, 0.1) is 0 Å². The number of benzene rings is 1. The number of nitrogens with one attached hydrogen (secondary N) is 1. The van der Waals surface area contributed by atoms with E-state index in [1.807, 2.05) is 44.2 Å². The van der Waals surface area contributed by atoms with Gasteiger partial charge in [0.1, 0.15) is 6.04 Å². The molecule has 0 aliphatic rings. The molecule has 0 aliphatic carbocycles. The maximum atomic E-state index is 12.4. The highest BCUT2D eigenvalue weighted by Gasteiger charge is 2.28. The summed E-state index contributed by atoms with van der Waals surface area (Å²) in [6.45, 7) is 5.90. The predicted molar refractivity (Wildman–Crippen MR) is 85.5 cm³/mol. The maximum absolute atomic E-state index is 12.4. The Balaban J connectivity index is 2.86. The van der Waals surface area contributed by atoms with Crippen molar-refractivity contribution in [2.45, 2.75) is 39.8 Å². The van der Waals surface area contributed by atoms with E-state index in [0.717, 1.165) is 5.56 Å². The largest absolute Gasteiger partial charge is 0.480 e. The minimum Gasteiger partial charge on any atom is -0.480 e. The van der Waals surface area contributed by atoms with Crippen LogP contribution in [-0.2, 0) is 21.5 Å². The normalized spacial score (nSPS) is 13.5. The fourth-order valence-electron chi connectivity index (χ4n) is 2.08. The molecule has 1 atom stereocenters. The smallest absolute Gasteiger partial charge is 0.321 e. The quantitative estimate of drug-likeness (QED) is 0.724. The first-order chi connectivity index (χ1) is 10.3. The van der Waals surface area contributed by atoms with Crippen molar-refractivity contribution in [1.82, 2.24) is 9.03 Å². The molecule has 1 rings (SSSR count). The van der Waals surface area contributed by atoms with Crippen molar-refractivity contribution in [3.05, 3.63) is 35.9 Å². The van der Waals surface area contributed by atoms with Crippen molar-refractivity contribution in [3.8, 4) is 0 Å². The third-order valence-corrected chi connectivity index (χ3v) is 4.84. The first-order valence-electron chi connectivity index (χ1n) is 7.30. The van der Waals surface area contributed by atoms with Crippen molar-refractivity contribution >= 4 is 16.2 Å². The Kier molecular flexibility index (Phi) is 6.99. The molecule has 0 spiro atoms. The molecule has 0 bridgehead atoms. The summed E-state index contributed by atoms with van der Waals surface area (Å²) in [4.78, 5) is 11.2. The van der Waals surface area contributed by atoms with E-state index in [1.165, 1.54) is 4.31 Å². The highest BCUT2D eigenvalue weighted by Crippen LogP contribution is 2.11. The number of aliphatic carboxylic acids is 1. The fourth-order valence-corrected chi connectivity index (χ4v) is 3.44. The van der Waals surface area contributed by atoms with Gasteiger partial charge in [-0.25, -0.2) is 0 Å². The number of carbonyl (C=O) groups is 1. The van der Waals surface area contributed by atoms with Gasteiger partial charge in [-0.3, -0.25) is 4.79 Å². The van der Waals surface area contributed by atoms with Gasteiger partial charge >= 0.3 is 5.97 Å². The first-order valence-corrected chi connectivity index (χ1v) is 8.74. The summed E-state index contributed by atoms with van der Waals surface area (Å²) in [6, 6.07) is 8.08. The lowest BCUT2D eigenvalue weighted by atomic mass is 10.1. The molecule has 0 amide bonds. The number of carboxylic acid groups (broad SMARTS) is 1. The molecule has 0 aromatic heterocycles. The Morgan fingerprint density at radius 1 is 1.27 bits per heavy atom. The van der Waals surface area contributed by atoms with Gasteiger partial charge < -0.3 is 5.11 Å². The van der Waals surface area contributed by atoms with Crippen molar-refractivity contribution in [1.29, 1.82) is 0 Å². The lowest BCUT2D eigenvalue weighted by Gasteiger charge is -2.24. The van der Waals surface area contributed by atoms with Crippen LogP contribution in [0.5, 0.6) is 0 Å². The Morgan fingerprint density at radius 2 is 1.86 bits per heavy atom. The molecular weight excluding hydrogens is 304 g/mol. The van der Waals surface area contributed by atoms with Crippen molar-refractivity contribution in [3.63, 3.8) is 0 Å². The first kappa shape index (κ1) is 18.6. The van der Waals surface area contributed by atoms with Gasteiger partial charge in [-0.2, -0.15) is 17.4 Å². The Hall–Kier alpha value is -1.44. The van der Waals surface area contributed by atoms with E-state index in [9.17, 15) is 18.3 Å². The van der Waals surface area contributed by atoms with Crippen LogP contribution in [0.3, 0.4) is 0 Å². The molecule has 124 valence electrons. The second-order valence-corrected chi connectivity index (χ2v) is 7.26. The van der Waals surface area contributed by atoms with Crippen molar-refractivity contribution in [2.75, 3.05) is 6.54 Å². The summed E-state index contributed by atoms with van der Waals surface area (Å²) in [6.07, 6.45) is 0.247. The summed E-state index contributed by atoms with van der Waals surface area (Å²) >= 11 is 0. The molecule has 2 N–H and O–H groups in total. The zero-order chi connectivity index (χ0) is 16.8. The van der Waals surface area contributed by atoms with E-state index in [-0.39, 0.29) is 25.4 Å².